The van der Waals surface area contributed by atoms with Gasteiger partial charge < -0.3 is 19.7 Å². The number of aromatic nitrogens is 2. The van der Waals surface area contributed by atoms with Gasteiger partial charge >= 0.3 is 5.97 Å². The zero-order valence-electron chi connectivity index (χ0n) is 19.9. The molecule has 184 valence electrons. The number of ether oxygens (including phenoxy) is 2. The number of hydrogen-bond donors (Lipinski definition) is 1. The summed E-state index contributed by atoms with van der Waals surface area (Å²) in [6.45, 7) is 5.08. The summed E-state index contributed by atoms with van der Waals surface area (Å²) in [6, 6.07) is 14.3. The number of amides is 1. The average Bonchev–Trinajstić information content (AvgIpc) is 2.90. The van der Waals surface area contributed by atoms with Gasteiger partial charge in [-0.1, -0.05) is 38.0 Å². The summed E-state index contributed by atoms with van der Waals surface area (Å²) in [7, 11) is 0. The van der Waals surface area contributed by atoms with Crippen molar-refractivity contribution in [2.75, 3.05) is 43.1 Å². The molecule has 0 spiro atoms. The number of nitrogens with one attached hydrogen (secondary N) is 1. The molecule has 1 N–H and O–H groups in total. The molecule has 9 nitrogen and oxygen atoms in total. The van der Waals surface area contributed by atoms with E-state index in [1.54, 1.807) is 24.3 Å². The molecule has 0 radical (unpaired) electrons. The number of morpholine rings is 1. The smallest absolute Gasteiger partial charge is 0.359 e. The van der Waals surface area contributed by atoms with Crippen LogP contribution >= 0.6 is 0 Å². The van der Waals surface area contributed by atoms with Crippen molar-refractivity contribution in [3.8, 4) is 0 Å². The first-order valence-corrected chi connectivity index (χ1v) is 12.0. The summed E-state index contributed by atoms with van der Waals surface area (Å²) in [5.41, 5.74) is 1.45. The first kappa shape index (κ1) is 24.4. The highest BCUT2D eigenvalue weighted by Gasteiger charge is 2.19. The van der Waals surface area contributed by atoms with Crippen LogP contribution in [-0.2, 0) is 20.8 Å². The lowest BCUT2D eigenvalue weighted by Crippen LogP contribution is -2.36. The Morgan fingerprint density at radius 3 is 2.46 bits per heavy atom. The molecule has 0 aliphatic carbocycles. The number of carbonyl (C=O) groups is 2. The molecule has 1 aromatic heterocycles. The maximum atomic E-state index is 12.8. The second kappa shape index (κ2) is 11.6. The number of unbranched alkanes of at least 4 members (excludes halogenated alkanes) is 2. The molecule has 9 heteroatoms. The topological polar surface area (TPSA) is 103 Å². The first-order chi connectivity index (χ1) is 17.1. The third-order valence-corrected chi connectivity index (χ3v) is 5.90. The van der Waals surface area contributed by atoms with Gasteiger partial charge in [0, 0.05) is 36.4 Å². The minimum Gasteiger partial charge on any atom is -0.451 e. The minimum absolute atomic E-state index is 0.0272. The normalized spacial score (nSPS) is 13.6. The van der Waals surface area contributed by atoms with E-state index in [1.807, 2.05) is 24.3 Å². The van der Waals surface area contributed by atoms with E-state index in [0.29, 0.717) is 36.2 Å². The van der Waals surface area contributed by atoms with Crippen molar-refractivity contribution in [3.05, 3.63) is 64.6 Å². The van der Waals surface area contributed by atoms with E-state index >= 15 is 0 Å². The number of benzene rings is 2. The molecular weight excluding hydrogens is 448 g/mol. The van der Waals surface area contributed by atoms with Crippen LogP contribution in [0.4, 0.5) is 11.4 Å². The quantitative estimate of drug-likeness (QED) is 0.372. The van der Waals surface area contributed by atoms with Gasteiger partial charge in [0.15, 0.2) is 12.3 Å². The van der Waals surface area contributed by atoms with E-state index in [0.717, 1.165) is 38.0 Å². The molecule has 0 bridgehead atoms. The Kier molecular flexibility index (Phi) is 8.10. The number of rotatable bonds is 9. The molecule has 1 aliphatic heterocycles. The third-order valence-electron chi connectivity index (χ3n) is 5.90. The first-order valence-electron chi connectivity index (χ1n) is 12.0. The Bertz CT molecular complexity index is 1230. The fourth-order valence-electron chi connectivity index (χ4n) is 4.02. The van der Waals surface area contributed by atoms with Gasteiger partial charge in [0.2, 0.25) is 0 Å². The summed E-state index contributed by atoms with van der Waals surface area (Å²) in [5.74, 6) is -1.21. The van der Waals surface area contributed by atoms with E-state index in [-0.39, 0.29) is 11.3 Å². The van der Waals surface area contributed by atoms with Crippen molar-refractivity contribution in [3.63, 3.8) is 0 Å². The molecule has 2 aromatic carbocycles. The van der Waals surface area contributed by atoms with E-state index in [9.17, 15) is 14.4 Å². The van der Waals surface area contributed by atoms with Crippen molar-refractivity contribution in [1.29, 1.82) is 0 Å². The minimum atomic E-state index is -0.747. The van der Waals surface area contributed by atoms with Crippen LogP contribution in [0.25, 0.3) is 10.8 Å². The average molecular weight is 479 g/mol. The Morgan fingerprint density at radius 2 is 1.74 bits per heavy atom. The third kappa shape index (κ3) is 6.05. The predicted octanol–water partition coefficient (Wildman–Crippen LogP) is 3.22. The lowest BCUT2D eigenvalue weighted by molar-refractivity contribution is -0.119. The number of nitrogens with zero attached hydrogens (tertiary/aromatic N) is 3. The van der Waals surface area contributed by atoms with Gasteiger partial charge in [0.25, 0.3) is 11.5 Å². The lowest BCUT2D eigenvalue weighted by Gasteiger charge is -2.28. The highest BCUT2D eigenvalue weighted by molar-refractivity contribution is 6.03. The summed E-state index contributed by atoms with van der Waals surface area (Å²) in [5, 5.41) is 7.82. The molecule has 0 saturated carbocycles. The zero-order valence-corrected chi connectivity index (χ0v) is 19.9. The Hall–Kier alpha value is -3.72. The molecule has 0 unspecified atom stereocenters. The van der Waals surface area contributed by atoms with Gasteiger partial charge in [-0.15, -0.1) is 0 Å². The van der Waals surface area contributed by atoms with Crippen molar-refractivity contribution in [2.24, 2.45) is 0 Å². The largest absolute Gasteiger partial charge is 0.451 e. The van der Waals surface area contributed by atoms with E-state index in [2.05, 4.69) is 22.2 Å². The van der Waals surface area contributed by atoms with Crippen LogP contribution in [0.5, 0.6) is 0 Å². The predicted molar refractivity (Wildman–Crippen MR) is 134 cm³/mol. The van der Waals surface area contributed by atoms with E-state index < -0.39 is 18.5 Å². The van der Waals surface area contributed by atoms with Gasteiger partial charge in [-0.2, -0.15) is 5.10 Å². The van der Waals surface area contributed by atoms with Crippen LogP contribution in [0.1, 0.15) is 36.7 Å². The monoisotopic (exact) mass is 478 g/mol. The van der Waals surface area contributed by atoms with Crippen molar-refractivity contribution >= 4 is 34.0 Å². The maximum Gasteiger partial charge on any atom is 0.359 e. The molecule has 1 fully saturated rings. The second-order valence-electron chi connectivity index (χ2n) is 8.40. The second-order valence-corrected chi connectivity index (χ2v) is 8.40. The molecule has 35 heavy (non-hydrogen) atoms. The van der Waals surface area contributed by atoms with Gasteiger partial charge in [-0.05, 0) is 36.8 Å². The Morgan fingerprint density at radius 1 is 1.03 bits per heavy atom. The number of aryl methyl sites for hydroxylation is 1. The van der Waals surface area contributed by atoms with Crippen LogP contribution < -0.4 is 15.8 Å². The molecule has 3 aromatic rings. The van der Waals surface area contributed by atoms with Crippen molar-refractivity contribution in [2.45, 2.75) is 32.7 Å². The standard InChI is InChI=1S/C26H30N4O5/c1-2-3-6-13-30-25(32)22-8-5-4-7-21(22)24(28-30)26(33)35-18-23(31)27-19-9-11-20(12-10-19)29-14-16-34-17-15-29/h4-5,7-12H,2-3,6,13-18H2,1H3,(H,27,31). The molecule has 1 aliphatic rings. The highest BCUT2D eigenvalue weighted by Crippen LogP contribution is 2.19. The highest BCUT2D eigenvalue weighted by atomic mass is 16.5. The van der Waals surface area contributed by atoms with Crippen LogP contribution in [0.15, 0.2) is 53.3 Å². The molecule has 1 saturated heterocycles. The summed E-state index contributed by atoms with van der Waals surface area (Å²) in [4.78, 5) is 40.2. The summed E-state index contributed by atoms with van der Waals surface area (Å²) < 4.78 is 11.9. The van der Waals surface area contributed by atoms with Gasteiger partial charge in [0.05, 0.1) is 18.6 Å². The Labute approximate surface area is 203 Å². The molecule has 2 heterocycles. The SMILES string of the molecule is CCCCCn1nc(C(=O)OCC(=O)Nc2ccc(N3CCOCC3)cc2)c2ccccc2c1=O. The van der Waals surface area contributed by atoms with Crippen LogP contribution in [-0.4, -0.2) is 54.6 Å². The van der Waals surface area contributed by atoms with E-state index in [4.69, 9.17) is 9.47 Å². The number of hydrogen-bond acceptors (Lipinski definition) is 7. The van der Waals surface area contributed by atoms with Crippen LogP contribution in [0.2, 0.25) is 0 Å². The van der Waals surface area contributed by atoms with Crippen molar-refractivity contribution < 1.29 is 19.1 Å². The van der Waals surface area contributed by atoms with Gasteiger partial charge in [-0.3, -0.25) is 9.59 Å². The van der Waals surface area contributed by atoms with Crippen molar-refractivity contribution in [1.82, 2.24) is 9.78 Å². The summed E-state index contributed by atoms with van der Waals surface area (Å²) in [6.07, 6.45) is 2.74. The number of carbonyl (C=O) groups excluding carboxylic acids is 2. The fourth-order valence-corrected chi connectivity index (χ4v) is 4.02. The van der Waals surface area contributed by atoms with Gasteiger partial charge in [0.1, 0.15) is 0 Å². The number of fused-ring (bicyclic) bond motifs is 1. The number of anilines is 2. The molecule has 0 atom stereocenters. The molecular formula is C26H30N4O5. The van der Waals surface area contributed by atoms with Gasteiger partial charge in [-0.25, -0.2) is 9.48 Å². The zero-order chi connectivity index (χ0) is 24.6. The van der Waals surface area contributed by atoms with Crippen LogP contribution in [0, 0.1) is 0 Å². The molecule has 1 amide bonds. The molecule has 4 rings (SSSR count). The van der Waals surface area contributed by atoms with E-state index in [1.165, 1.54) is 4.68 Å². The van der Waals surface area contributed by atoms with Crippen LogP contribution in [0.3, 0.4) is 0 Å². The lowest BCUT2D eigenvalue weighted by atomic mass is 10.1. The number of esters is 1. The Balaban J connectivity index is 1.40. The fraction of sp³-hybridized carbons (Fsp3) is 0.385. The maximum absolute atomic E-state index is 12.8. The summed E-state index contributed by atoms with van der Waals surface area (Å²) >= 11 is 0.